The number of piperidine rings is 1. The maximum absolute atomic E-state index is 12.7. The molecule has 0 bridgehead atoms. The molecule has 1 aliphatic rings. The molecule has 1 fully saturated rings. The van der Waals surface area contributed by atoms with Crippen LogP contribution in [0.4, 0.5) is 0 Å². The number of halogens is 1. The summed E-state index contributed by atoms with van der Waals surface area (Å²) >= 11 is 5.89. The topological polar surface area (TPSA) is 94.8 Å². The zero-order valence-electron chi connectivity index (χ0n) is 17.5. The van der Waals surface area contributed by atoms with E-state index >= 15 is 0 Å². The van der Waals surface area contributed by atoms with Crippen molar-refractivity contribution >= 4 is 23.5 Å². The van der Waals surface area contributed by atoms with E-state index in [-0.39, 0.29) is 24.4 Å². The Hall–Kier alpha value is -3.39. The highest BCUT2D eigenvalue weighted by Gasteiger charge is 2.30. The molecule has 9 heteroatoms. The number of hydrogen-bond acceptors (Lipinski definition) is 7. The second-order valence-electron chi connectivity index (χ2n) is 7.45. The third-order valence-corrected chi connectivity index (χ3v) is 5.54. The van der Waals surface area contributed by atoms with Crippen LogP contribution in [-0.4, -0.2) is 47.1 Å². The molecule has 166 valence electrons. The van der Waals surface area contributed by atoms with Gasteiger partial charge in [0.25, 0.3) is 11.8 Å². The minimum Gasteiger partial charge on any atom is -0.497 e. The molecular weight excluding hydrogens is 434 g/mol. The molecule has 0 radical (unpaired) electrons. The van der Waals surface area contributed by atoms with Crippen molar-refractivity contribution in [3.8, 4) is 17.1 Å². The first kappa shape index (κ1) is 21.8. The molecule has 4 rings (SSSR count). The quantitative estimate of drug-likeness (QED) is 0.518. The monoisotopic (exact) mass is 455 g/mol. The number of esters is 1. The van der Waals surface area contributed by atoms with Crippen molar-refractivity contribution in [3.05, 3.63) is 65.0 Å². The van der Waals surface area contributed by atoms with E-state index in [0.29, 0.717) is 35.9 Å². The van der Waals surface area contributed by atoms with Crippen LogP contribution in [0.25, 0.3) is 11.4 Å². The van der Waals surface area contributed by atoms with Gasteiger partial charge < -0.3 is 18.9 Å². The Morgan fingerprint density at radius 2 is 1.91 bits per heavy atom. The molecule has 1 aliphatic heterocycles. The number of carbonyl (C=O) groups is 2. The fraction of sp³-hybridized carbons (Fsp3) is 0.304. The fourth-order valence-electron chi connectivity index (χ4n) is 3.55. The van der Waals surface area contributed by atoms with Crippen LogP contribution in [0.15, 0.2) is 53.1 Å². The number of aromatic nitrogens is 2. The van der Waals surface area contributed by atoms with Crippen LogP contribution in [0, 0.1) is 5.92 Å². The normalized spacial score (nSPS) is 15.9. The van der Waals surface area contributed by atoms with Crippen LogP contribution >= 0.6 is 11.6 Å². The summed E-state index contributed by atoms with van der Waals surface area (Å²) in [4.78, 5) is 31.3. The van der Waals surface area contributed by atoms with Gasteiger partial charge >= 0.3 is 5.97 Å². The van der Waals surface area contributed by atoms with Crippen LogP contribution in [0.1, 0.15) is 29.1 Å². The Kier molecular flexibility index (Phi) is 6.70. The summed E-state index contributed by atoms with van der Waals surface area (Å²) in [7, 11) is 1.59. The minimum absolute atomic E-state index is 0.121. The lowest BCUT2D eigenvalue weighted by Gasteiger charge is -2.31. The van der Waals surface area contributed by atoms with Crippen molar-refractivity contribution in [2.75, 3.05) is 20.2 Å². The first-order valence-electron chi connectivity index (χ1n) is 10.2. The Morgan fingerprint density at radius 1 is 1.16 bits per heavy atom. The number of likely N-dealkylation sites (tertiary alicyclic amines) is 1. The smallest absolute Gasteiger partial charge is 0.311 e. The number of nitrogens with zero attached hydrogens (tertiary/aromatic N) is 3. The summed E-state index contributed by atoms with van der Waals surface area (Å²) in [5, 5.41) is 4.49. The van der Waals surface area contributed by atoms with Gasteiger partial charge in [-0.3, -0.25) is 9.59 Å². The number of methoxy groups -OCH3 is 1. The summed E-state index contributed by atoms with van der Waals surface area (Å²) in [5.41, 5.74) is 1.30. The van der Waals surface area contributed by atoms with E-state index in [9.17, 15) is 9.59 Å². The largest absolute Gasteiger partial charge is 0.497 e. The van der Waals surface area contributed by atoms with Gasteiger partial charge in [0.1, 0.15) is 5.75 Å². The first-order valence-corrected chi connectivity index (χ1v) is 10.6. The zero-order chi connectivity index (χ0) is 22.5. The van der Waals surface area contributed by atoms with Crippen LogP contribution < -0.4 is 4.74 Å². The molecule has 8 nitrogen and oxygen atoms in total. The molecule has 2 aromatic carbocycles. The lowest BCUT2D eigenvalue weighted by molar-refractivity contribution is -0.152. The highest BCUT2D eigenvalue weighted by molar-refractivity contribution is 6.30. The number of benzene rings is 2. The molecular formula is C23H22ClN3O5. The molecule has 1 aromatic heterocycles. The number of carbonyl (C=O) groups excluding carboxylic acids is 2. The Morgan fingerprint density at radius 3 is 2.62 bits per heavy atom. The zero-order valence-corrected chi connectivity index (χ0v) is 18.2. The van der Waals surface area contributed by atoms with E-state index in [1.165, 1.54) is 0 Å². The van der Waals surface area contributed by atoms with Gasteiger partial charge in [-0.15, -0.1) is 0 Å². The molecule has 32 heavy (non-hydrogen) atoms. The molecule has 0 aliphatic carbocycles. The van der Waals surface area contributed by atoms with Crippen molar-refractivity contribution in [2.45, 2.75) is 19.4 Å². The molecule has 1 saturated heterocycles. The van der Waals surface area contributed by atoms with E-state index in [4.69, 9.17) is 25.6 Å². The van der Waals surface area contributed by atoms with Gasteiger partial charge in [-0.25, -0.2) is 0 Å². The number of ether oxygens (including phenoxy) is 2. The predicted molar refractivity (Wildman–Crippen MR) is 116 cm³/mol. The van der Waals surface area contributed by atoms with Gasteiger partial charge in [-0.1, -0.05) is 16.8 Å². The van der Waals surface area contributed by atoms with Crippen molar-refractivity contribution in [1.82, 2.24) is 15.0 Å². The number of hydrogen-bond donors (Lipinski definition) is 0. The average Bonchev–Trinajstić information content (AvgIpc) is 3.32. The maximum atomic E-state index is 12.7. The Labute approximate surface area is 190 Å². The molecule has 0 N–H and O–H groups in total. The van der Waals surface area contributed by atoms with Gasteiger partial charge in [0.2, 0.25) is 5.82 Å². The van der Waals surface area contributed by atoms with Gasteiger partial charge in [-0.2, -0.15) is 4.98 Å². The van der Waals surface area contributed by atoms with Crippen molar-refractivity contribution < 1.29 is 23.6 Å². The summed E-state index contributed by atoms with van der Waals surface area (Å²) < 4.78 is 15.7. The third-order valence-electron chi connectivity index (χ3n) is 5.29. The van der Waals surface area contributed by atoms with Gasteiger partial charge in [0, 0.05) is 29.2 Å². The summed E-state index contributed by atoms with van der Waals surface area (Å²) in [6, 6.07) is 13.9. The van der Waals surface area contributed by atoms with Crippen molar-refractivity contribution in [2.24, 2.45) is 5.92 Å². The molecule has 3 aromatic rings. The molecule has 2 heterocycles. The maximum Gasteiger partial charge on any atom is 0.311 e. The van der Waals surface area contributed by atoms with Crippen LogP contribution in [0.2, 0.25) is 5.02 Å². The molecule has 0 unspecified atom stereocenters. The predicted octanol–water partition coefficient (Wildman–Crippen LogP) is 3.99. The van der Waals surface area contributed by atoms with Crippen LogP contribution in [0.3, 0.4) is 0 Å². The highest BCUT2D eigenvalue weighted by atomic mass is 35.5. The molecule has 0 spiro atoms. The van der Waals surface area contributed by atoms with Gasteiger partial charge in [0.15, 0.2) is 6.61 Å². The molecule has 1 amide bonds. The lowest BCUT2D eigenvalue weighted by atomic mass is 9.97. The fourth-order valence-corrected chi connectivity index (χ4v) is 3.68. The lowest BCUT2D eigenvalue weighted by Crippen LogP contribution is -2.42. The van der Waals surface area contributed by atoms with Crippen molar-refractivity contribution in [1.29, 1.82) is 0 Å². The van der Waals surface area contributed by atoms with E-state index in [2.05, 4.69) is 10.1 Å². The molecule has 1 atom stereocenters. The summed E-state index contributed by atoms with van der Waals surface area (Å²) in [5.74, 6) is 0.416. The van der Waals surface area contributed by atoms with E-state index in [0.717, 1.165) is 17.7 Å². The van der Waals surface area contributed by atoms with E-state index in [1.54, 1.807) is 48.4 Å². The third kappa shape index (κ3) is 5.08. The summed E-state index contributed by atoms with van der Waals surface area (Å²) in [6.45, 7) is 0.783. The first-order chi connectivity index (χ1) is 15.5. The minimum atomic E-state index is -0.399. The number of amides is 1. The van der Waals surface area contributed by atoms with E-state index < -0.39 is 5.92 Å². The van der Waals surface area contributed by atoms with Crippen LogP contribution in [-0.2, 0) is 16.1 Å². The Bertz CT molecular complexity index is 1080. The Balaban J connectivity index is 1.32. The highest BCUT2D eigenvalue weighted by Crippen LogP contribution is 2.22. The second-order valence-corrected chi connectivity index (χ2v) is 7.88. The van der Waals surface area contributed by atoms with E-state index in [1.807, 2.05) is 12.1 Å². The standard InChI is InChI=1S/C23H22ClN3O5/c1-30-19-10-6-15(7-11-19)21-25-20(32-26-21)14-31-23(29)17-3-2-12-27(13-17)22(28)16-4-8-18(24)9-5-16/h4-11,17H,2-3,12-14H2,1H3/t17-/m1/s1. The van der Waals surface area contributed by atoms with Gasteiger partial charge in [-0.05, 0) is 61.4 Å². The molecule has 0 saturated carbocycles. The average molecular weight is 456 g/mol. The second kappa shape index (κ2) is 9.82. The number of rotatable bonds is 6. The van der Waals surface area contributed by atoms with Crippen LogP contribution in [0.5, 0.6) is 5.75 Å². The summed E-state index contributed by atoms with van der Waals surface area (Å²) in [6.07, 6.45) is 1.38. The SMILES string of the molecule is COc1ccc(-c2noc(COC(=O)[C@@H]3CCCN(C(=O)c4ccc(Cl)cc4)C3)n2)cc1. The van der Waals surface area contributed by atoms with Gasteiger partial charge in [0.05, 0.1) is 13.0 Å². The van der Waals surface area contributed by atoms with Crippen molar-refractivity contribution in [3.63, 3.8) is 0 Å².